The topological polar surface area (TPSA) is 79.2 Å². The molecule has 2 aromatic carbocycles. The number of likely N-dealkylation sites (tertiary alicyclic amines) is 1. The summed E-state index contributed by atoms with van der Waals surface area (Å²) in [5.41, 5.74) is 2.11. The quantitative estimate of drug-likeness (QED) is 0.508. The SMILES string of the molecule is COc1ccc(/C=C/C(=O)c2c(OC)cc(CO)c(CN3CCCCC3)c2O)cc1. The number of aromatic hydroxyl groups is 1. The van der Waals surface area contributed by atoms with Crippen molar-refractivity contribution < 1.29 is 24.5 Å². The molecule has 2 aromatic rings. The lowest BCUT2D eigenvalue weighted by Crippen LogP contribution is -2.29. The number of allylic oxidation sites excluding steroid dienone is 1. The number of carbonyl (C=O) groups is 1. The van der Waals surface area contributed by atoms with Gasteiger partial charge in [0, 0.05) is 12.1 Å². The number of hydrogen-bond acceptors (Lipinski definition) is 6. The lowest BCUT2D eigenvalue weighted by atomic mass is 9.97. The van der Waals surface area contributed by atoms with Crippen molar-refractivity contribution in [3.63, 3.8) is 0 Å². The van der Waals surface area contributed by atoms with Gasteiger partial charge in [-0.15, -0.1) is 0 Å². The fraction of sp³-hybridized carbons (Fsp3) is 0.375. The van der Waals surface area contributed by atoms with Gasteiger partial charge in [0.15, 0.2) is 5.78 Å². The van der Waals surface area contributed by atoms with Gasteiger partial charge in [0.25, 0.3) is 0 Å². The van der Waals surface area contributed by atoms with Crippen LogP contribution in [0.25, 0.3) is 6.08 Å². The molecular formula is C24H29NO5. The summed E-state index contributed by atoms with van der Waals surface area (Å²) in [6.07, 6.45) is 6.54. The Kier molecular flexibility index (Phi) is 7.49. The van der Waals surface area contributed by atoms with Crippen LogP contribution in [-0.4, -0.2) is 48.2 Å². The molecule has 1 aliphatic heterocycles. The molecule has 2 N–H and O–H groups in total. The minimum absolute atomic E-state index is 0.117. The van der Waals surface area contributed by atoms with E-state index in [2.05, 4.69) is 4.90 Å². The average Bonchev–Trinajstić information content (AvgIpc) is 2.79. The minimum Gasteiger partial charge on any atom is -0.507 e. The summed E-state index contributed by atoms with van der Waals surface area (Å²) in [5, 5.41) is 20.8. The van der Waals surface area contributed by atoms with Crippen LogP contribution in [0, 0.1) is 0 Å². The van der Waals surface area contributed by atoms with E-state index >= 15 is 0 Å². The Hall–Kier alpha value is -2.83. The lowest BCUT2D eigenvalue weighted by Gasteiger charge is -2.28. The van der Waals surface area contributed by atoms with Gasteiger partial charge < -0.3 is 19.7 Å². The molecule has 6 nitrogen and oxygen atoms in total. The Morgan fingerprint density at radius 1 is 1.10 bits per heavy atom. The van der Waals surface area contributed by atoms with Crippen molar-refractivity contribution in [1.29, 1.82) is 0 Å². The maximum absolute atomic E-state index is 13.0. The smallest absolute Gasteiger partial charge is 0.193 e. The van der Waals surface area contributed by atoms with Gasteiger partial charge in [0.05, 0.1) is 20.8 Å². The number of aliphatic hydroxyl groups excluding tert-OH is 1. The molecule has 0 aliphatic carbocycles. The number of methoxy groups -OCH3 is 2. The molecule has 0 aromatic heterocycles. The van der Waals surface area contributed by atoms with Crippen LogP contribution >= 0.6 is 0 Å². The monoisotopic (exact) mass is 411 g/mol. The van der Waals surface area contributed by atoms with E-state index in [1.54, 1.807) is 19.3 Å². The van der Waals surface area contributed by atoms with Gasteiger partial charge in [-0.05, 0) is 61.3 Å². The summed E-state index contributed by atoms with van der Waals surface area (Å²) in [6.45, 7) is 2.14. The van der Waals surface area contributed by atoms with E-state index in [0.29, 0.717) is 17.7 Å². The molecule has 0 bridgehead atoms. The van der Waals surface area contributed by atoms with Crippen molar-refractivity contribution in [1.82, 2.24) is 4.90 Å². The zero-order chi connectivity index (χ0) is 21.5. The number of benzene rings is 2. The number of carbonyl (C=O) groups excluding carboxylic acids is 1. The highest BCUT2D eigenvalue weighted by atomic mass is 16.5. The highest BCUT2D eigenvalue weighted by molar-refractivity contribution is 6.10. The summed E-state index contributed by atoms with van der Waals surface area (Å²) in [6, 6.07) is 8.96. The van der Waals surface area contributed by atoms with Gasteiger partial charge in [0.1, 0.15) is 22.8 Å². The van der Waals surface area contributed by atoms with Crippen LogP contribution in [0.4, 0.5) is 0 Å². The van der Waals surface area contributed by atoms with Gasteiger partial charge in [-0.3, -0.25) is 9.69 Å². The predicted molar refractivity (Wildman–Crippen MR) is 116 cm³/mol. The first-order chi connectivity index (χ1) is 14.6. The minimum atomic E-state index is -0.357. The number of nitrogens with zero attached hydrogens (tertiary/aromatic N) is 1. The van der Waals surface area contributed by atoms with E-state index < -0.39 is 0 Å². The Balaban J connectivity index is 1.91. The molecule has 160 valence electrons. The number of phenolic OH excluding ortho intramolecular Hbond substituents is 1. The number of piperidine rings is 1. The number of aliphatic hydroxyl groups is 1. The van der Waals surface area contributed by atoms with Crippen molar-refractivity contribution in [2.45, 2.75) is 32.4 Å². The van der Waals surface area contributed by atoms with Crippen molar-refractivity contribution in [2.75, 3.05) is 27.3 Å². The molecule has 1 heterocycles. The normalized spacial score (nSPS) is 14.8. The molecule has 0 spiro atoms. The number of rotatable bonds is 8. The van der Waals surface area contributed by atoms with Crippen molar-refractivity contribution in [2.24, 2.45) is 0 Å². The fourth-order valence-electron chi connectivity index (χ4n) is 3.77. The molecule has 6 heteroatoms. The third-order valence-corrected chi connectivity index (χ3v) is 5.47. The predicted octanol–water partition coefficient (Wildman–Crippen LogP) is 3.78. The van der Waals surface area contributed by atoms with E-state index in [-0.39, 0.29) is 29.5 Å². The third kappa shape index (κ3) is 5.01. The molecule has 1 aliphatic rings. The molecule has 1 saturated heterocycles. The molecule has 0 atom stereocenters. The maximum atomic E-state index is 13.0. The second-order valence-electron chi connectivity index (χ2n) is 7.41. The zero-order valence-electron chi connectivity index (χ0n) is 17.6. The van der Waals surface area contributed by atoms with Crippen LogP contribution in [0.15, 0.2) is 36.4 Å². The lowest BCUT2D eigenvalue weighted by molar-refractivity contribution is 0.104. The zero-order valence-corrected chi connectivity index (χ0v) is 17.6. The van der Waals surface area contributed by atoms with Crippen LogP contribution in [0.2, 0.25) is 0 Å². The van der Waals surface area contributed by atoms with Gasteiger partial charge >= 0.3 is 0 Å². The van der Waals surface area contributed by atoms with E-state index in [0.717, 1.165) is 37.2 Å². The van der Waals surface area contributed by atoms with E-state index in [1.165, 1.54) is 19.6 Å². The summed E-state index contributed by atoms with van der Waals surface area (Å²) in [5.74, 6) is 0.515. The summed E-state index contributed by atoms with van der Waals surface area (Å²) in [7, 11) is 3.05. The average molecular weight is 411 g/mol. The molecule has 0 unspecified atom stereocenters. The van der Waals surface area contributed by atoms with Crippen molar-refractivity contribution >= 4 is 11.9 Å². The highest BCUT2D eigenvalue weighted by Crippen LogP contribution is 2.36. The van der Waals surface area contributed by atoms with Crippen LogP contribution in [-0.2, 0) is 13.2 Å². The number of ether oxygens (including phenoxy) is 2. The van der Waals surface area contributed by atoms with Crippen LogP contribution in [0.5, 0.6) is 17.2 Å². The summed E-state index contributed by atoms with van der Waals surface area (Å²) in [4.78, 5) is 15.2. The van der Waals surface area contributed by atoms with Crippen LogP contribution < -0.4 is 9.47 Å². The van der Waals surface area contributed by atoms with E-state index in [1.807, 2.05) is 24.3 Å². The number of ketones is 1. The molecule has 30 heavy (non-hydrogen) atoms. The van der Waals surface area contributed by atoms with E-state index in [9.17, 15) is 15.0 Å². The Morgan fingerprint density at radius 2 is 1.80 bits per heavy atom. The van der Waals surface area contributed by atoms with Crippen LogP contribution in [0.1, 0.15) is 46.3 Å². The second-order valence-corrected chi connectivity index (χ2v) is 7.41. The molecule has 1 fully saturated rings. The van der Waals surface area contributed by atoms with Gasteiger partial charge in [-0.25, -0.2) is 0 Å². The standard InChI is InChI=1S/C24H29NO5/c1-29-19-9-6-17(7-10-19)8-11-21(27)23-22(30-2)14-18(16-26)20(24(23)28)15-25-12-4-3-5-13-25/h6-11,14,26,28H,3-5,12-13,15-16H2,1-2H3/b11-8+. The van der Waals surface area contributed by atoms with Crippen LogP contribution in [0.3, 0.4) is 0 Å². The van der Waals surface area contributed by atoms with Gasteiger partial charge in [0.2, 0.25) is 0 Å². The first kappa shape index (κ1) is 21.9. The Bertz CT molecular complexity index is 899. The first-order valence-electron chi connectivity index (χ1n) is 10.2. The molecule has 0 radical (unpaired) electrons. The fourth-order valence-corrected chi connectivity index (χ4v) is 3.77. The Labute approximate surface area is 177 Å². The maximum Gasteiger partial charge on any atom is 0.193 e. The van der Waals surface area contributed by atoms with Gasteiger partial charge in [-0.2, -0.15) is 0 Å². The highest BCUT2D eigenvalue weighted by Gasteiger charge is 2.24. The summed E-state index contributed by atoms with van der Waals surface area (Å²) < 4.78 is 10.5. The van der Waals surface area contributed by atoms with Crippen molar-refractivity contribution in [3.8, 4) is 17.2 Å². The third-order valence-electron chi connectivity index (χ3n) is 5.47. The van der Waals surface area contributed by atoms with E-state index in [4.69, 9.17) is 9.47 Å². The molecule has 3 rings (SSSR count). The molecule has 0 saturated carbocycles. The Morgan fingerprint density at radius 3 is 2.40 bits per heavy atom. The molecule has 0 amide bonds. The van der Waals surface area contributed by atoms with Crippen molar-refractivity contribution in [3.05, 3.63) is 58.7 Å². The largest absolute Gasteiger partial charge is 0.507 e. The number of hydrogen-bond donors (Lipinski definition) is 2. The second kappa shape index (κ2) is 10.3. The summed E-state index contributed by atoms with van der Waals surface area (Å²) >= 11 is 0. The number of phenols is 1. The van der Waals surface area contributed by atoms with Gasteiger partial charge in [-0.1, -0.05) is 24.6 Å². The first-order valence-corrected chi connectivity index (χ1v) is 10.2. The molecular weight excluding hydrogens is 382 g/mol.